The quantitative estimate of drug-likeness (QED) is 0.578. The van der Waals surface area contributed by atoms with Crippen LogP contribution in [0, 0.1) is 0 Å². The van der Waals surface area contributed by atoms with Crippen LogP contribution in [-0.4, -0.2) is 24.8 Å². The molecule has 0 aliphatic carbocycles. The van der Waals surface area contributed by atoms with Crippen molar-refractivity contribution in [1.29, 1.82) is 0 Å². The van der Waals surface area contributed by atoms with Crippen molar-refractivity contribution in [2.24, 2.45) is 0 Å². The number of ether oxygens (including phenoxy) is 1. The minimum atomic E-state index is -0.0503. The van der Waals surface area contributed by atoms with Gasteiger partial charge in [0.1, 0.15) is 5.75 Å². The van der Waals surface area contributed by atoms with Crippen molar-refractivity contribution in [3.05, 3.63) is 65.2 Å². The first-order valence-electron chi connectivity index (χ1n) is 8.95. The van der Waals surface area contributed by atoms with Crippen LogP contribution in [0.25, 0.3) is 6.08 Å². The van der Waals surface area contributed by atoms with Gasteiger partial charge in [0.25, 0.3) is 5.91 Å². The molecule has 1 aliphatic heterocycles. The molecule has 0 fully saturated rings. The Labute approximate surface area is 154 Å². The third-order valence-electron chi connectivity index (χ3n) is 4.42. The lowest BCUT2D eigenvalue weighted by atomic mass is 10.1. The molecule has 134 valence electrons. The lowest BCUT2D eigenvalue weighted by Crippen LogP contribution is -2.26. The average molecular weight is 349 g/mol. The maximum absolute atomic E-state index is 12.6. The van der Waals surface area contributed by atoms with Gasteiger partial charge in [0.15, 0.2) is 5.78 Å². The summed E-state index contributed by atoms with van der Waals surface area (Å²) in [7, 11) is 0. The van der Waals surface area contributed by atoms with Crippen molar-refractivity contribution in [2.45, 2.75) is 26.7 Å². The van der Waals surface area contributed by atoms with Gasteiger partial charge < -0.3 is 9.64 Å². The molecule has 1 amide bonds. The molecule has 0 unspecified atom stereocenters. The predicted molar refractivity (Wildman–Crippen MR) is 104 cm³/mol. The van der Waals surface area contributed by atoms with Crippen molar-refractivity contribution >= 4 is 23.5 Å². The molecule has 1 aliphatic rings. The zero-order valence-corrected chi connectivity index (χ0v) is 15.2. The monoisotopic (exact) mass is 349 g/mol. The third-order valence-corrected chi connectivity index (χ3v) is 4.42. The highest BCUT2D eigenvalue weighted by atomic mass is 16.5. The Morgan fingerprint density at radius 3 is 2.62 bits per heavy atom. The Morgan fingerprint density at radius 2 is 1.92 bits per heavy atom. The second-order valence-corrected chi connectivity index (χ2v) is 6.39. The van der Waals surface area contributed by atoms with Gasteiger partial charge in [0.05, 0.1) is 6.61 Å². The molecule has 0 atom stereocenters. The maximum Gasteiger partial charge on any atom is 0.251 e. The summed E-state index contributed by atoms with van der Waals surface area (Å²) in [6, 6.07) is 13.2. The molecular formula is C22H23NO3. The van der Waals surface area contributed by atoms with Gasteiger partial charge in [-0.25, -0.2) is 0 Å². The van der Waals surface area contributed by atoms with Crippen molar-refractivity contribution in [1.82, 2.24) is 0 Å². The second-order valence-electron chi connectivity index (χ2n) is 6.39. The molecule has 3 rings (SSSR count). The Hall–Kier alpha value is -2.88. The fourth-order valence-electron chi connectivity index (χ4n) is 3.00. The molecule has 26 heavy (non-hydrogen) atoms. The van der Waals surface area contributed by atoms with Crippen LogP contribution in [0.4, 0.5) is 5.69 Å². The first kappa shape index (κ1) is 17.9. The van der Waals surface area contributed by atoms with Gasteiger partial charge in [-0.2, -0.15) is 0 Å². The standard InChI is InChI=1S/C22H23NO3/c1-3-14-26-20-8-4-17(5-9-20)6-11-22(25)23-13-12-19-15-18(16(2)24)7-10-21(19)23/h4-11,15H,3,12-14H2,1-2H3/b11-6+. The Balaban J connectivity index is 1.68. The van der Waals surface area contributed by atoms with E-state index in [1.54, 1.807) is 24.0 Å². The van der Waals surface area contributed by atoms with Crippen LogP contribution in [0.3, 0.4) is 0 Å². The normalized spacial score (nSPS) is 13.1. The number of benzene rings is 2. The molecule has 0 saturated heterocycles. The molecule has 0 N–H and O–H groups in total. The first-order valence-corrected chi connectivity index (χ1v) is 8.95. The summed E-state index contributed by atoms with van der Waals surface area (Å²) >= 11 is 0. The summed E-state index contributed by atoms with van der Waals surface area (Å²) in [4.78, 5) is 25.8. The topological polar surface area (TPSA) is 46.6 Å². The summed E-state index contributed by atoms with van der Waals surface area (Å²) in [5, 5.41) is 0. The van der Waals surface area contributed by atoms with Crippen LogP contribution in [0.15, 0.2) is 48.5 Å². The summed E-state index contributed by atoms with van der Waals surface area (Å²) in [5.74, 6) is 0.833. The van der Waals surface area contributed by atoms with Crippen LogP contribution in [0.5, 0.6) is 5.75 Å². The Kier molecular flexibility index (Phi) is 5.52. The highest BCUT2D eigenvalue weighted by Crippen LogP contribution is 2.29. The number of carbonyl (C=O) groups is 2. The smallest absolute Gasteiger partial charge is 0.251 e. The first-order chi connectivity index (χ1) is 12.6. The molecule has 2 aromatic rings. The van der Waals surface area contributed by atoms with Crippen molar-refractivity contribution in [3.8, 4) is 5.75 Å². The molecular weight excluding hydrogens is 326 g/mol. The van der Waals surface area contributed by atoms with Crippen LogP contribution < -0.4 is 9.64 Å². The zero-order valence-electron chi connectivity index (χ0n) is 15.2. The average Bonchev–Trinajstić information content (AvgIpc) is 3.08. The molecule has 0 saturated carbocycles. The fourth-order valence-corrected chi connectivity index (χ4v) is 3.00. The number of carbonyl (C=O) groups excluding carboxylic acids is 2. The van der Waals surface area contributed by atoms with E-state index in [9.17, 15) is 9.59 Å². The van der Waals surface area contributed by atoms with Gasteiger partial charge in [-0.15, -0.1) is 0 Å². The number of anilines is 1. The van der Waals surface area contributed by atoms with Gasteiger partial charge in [-0.05, 0) is 67.3 Å². The Morgan fingerprint density at radius 1 is 1.15 bits per heavy atom. The van der Waals surface area contributed by atoms with Crippen LogP contribution in [0.1, 0.15) is 41.8 Å². The van der Waals surface area contributed by atoms with Crippen molar-refractivity contribution < 1.29 is 14.3 Å². The van der Waals surface area contributed by atoms with Crippen LogP contribution in [-0.2, 0) is 11.2 Å². The highest BCUT2D eigenvalue weighted by molar-refractivity contribution is 6.05. The van der Waals surface area contributed by atoms with Gasteiger partial charge in [-0.1, -0.05) is 19.1 Å². The summed E-state index contributed by atoms with van der Waals surface area (Å²) in [6.45, 7) is 4.97. The van der Waals surface area contributed by atoms with Crippen LogP contribution >= 0.6 is 0 Å². The molecule has 0 aromatic heterocycles. The van der Waals surface area contributed by atoms with E-state index in [-0.39, 0.29) is 11.7 Å². The maximum atomic E-state index is 12.6. The van der Waals surface area contributed by atoms with Gasteiger partial charge in [0.2, 0.25) is 0 Å². The molecule has 0 bridgehead atoms. The lowest BCUT2D eigenvalue weighted by Gasteiger charge is -2.15. The van der Waals surface area contributed by atoms with E-state index in [1.165, 1.54) is 0 Å². The van der Waals surface area contributed by atoms with Gasteiger partial charge in [-0.3, -0.25) is 9.59 Å². The minimum Gasteiger partial charge on any atom is -0.494 e. The molecule has 4 nitrogen and oxygen atoms in total. The number of ketones is 1. The molecule has 4 heteroatoms. The molecule has 0 radical (unpaired) electrons. The van der Waals surface area contributed by atoms with E-state index in [0.717, 1.165) is 35.4 Å². The number of hydrogen-bond acceptors (Lipinski definition) is 3. The van der Waals surface area contributed by atoms with E-state index in [0.29, 0.717) is 18.7 Å². The molecule has 0 spiro atoms. The van der Waals surface area contributed by atoms with E-state index >= 15 is 0 Å². The lowest BCUT2D eigenvalue weighted by molar-refractivity contribution is -0.114. The van der Waals surface area contributed by atoms with E-state index in [2.05, 4.69) is 6.92 Å². The SMILES string of the molecule is CCCOc1ccc(/C=C/C(=O)N2CCc3cc(C(C)=O)ccc32)cc1. The van der Waals surface area contributed by atoms with Gasteiger partial charge in [0, 0.05) is 23.9 Å². The Bertz CT molecular complexity index is 837. The van der Waals surface area contributed by atoms with Crippen molar-refractivity contribution in [3.63, 3.8) is 0 Å². The largest absolute Gasteiger partial charge is 0.494 e. The summed E-state index contributed by atoms with van der Waals surface area (Å²) in [5.41, 5.74) is 3.59. The molecule has 2 aromatic carbocycles. The van der Waals surface area contributed by atoms with Crippen molar-refractivity contribution in [2.75, 3.05) is 18.1 Å². The predicted octanol–water partition coefficient (Wildman–Crippen LogP) is 4.28. The van der Waals surface area contributed by atoms with E-state index < -0.39 is 0 Å². The molecule has 1 heterocycles. The number of fused-ring (bicyclic) bond motifs is 1. The summed E-state index contributed by atoms with van der Waals surface area (Å²) < 4.78 is 5.56. The third kappa shape index (κ3) is 4.02. The number of amides is 1. The van der Waals surface area contributed by atoms with Crippen LogP contribution in [0.2, 0.25) is 0 Å². The van der Waals surface area contributed by atoms with Gasteiger partial charge >= 0.3 is 0 Å². The second kappa shape index (κ2) is 8.00. The van der Waals surface area contributed by atoms with E-state index in [1.807, 2.05) is 42.5 Å². The fraction of sp³-hybridized carbons (Fsp3) is 0.273. The minimum absolute atomic E-state index is 0.0452. The summed E-state index contributed by atoms with van der Waals surface area (Å²) in [6.07, 6.45) is 5.16. The number of nitrogens with zero attached hydrogens (tertiary/aromatic N) is 1. The zero-order chi connectivity index (χ0) is 18.5. The number of hydrogen-bond donors (Lipinski definition) is 0. The van der Waals surface area contributed by atoms with E-state index in [4.69, 9.17) is 4.74 Å². The number of Topliss-reactive ketones (excluding diaryl/α,β-unsaturated/α-hetero) is 1. The number of rotatable bonds is 6. The highest BCUT2D eigenvalue weighted by Gasteiger charge is 2.23.